The lowest BCUT2D eigenvalue weighted by molar-refractivity contribution is 0.0664. The van der Waals surface area contributed by atoms with Gasteiger partial charge < -0.3 is 10.1 Å². The zero-order valence-electron chi connectivity index (χ0n) is 9.87. The number of rotatable bonds is 5. The van der Waals surface area contributed by atoms with Gasteiger partial charge in [-0.2, -0.15) is 0 Å². The quantitative estimate of drug-likeness (QED) is 0.799. The van der Waals surface area contributed by atoms with E-state index in [1.807, 2.05) is 5.51 Å². The minimum absolute atomic E-state index is 0.816. The van der Waals surface area contributed by atoms with E-state index in [-0.39, 0.29) is 0 Å². The molecule has 3 nitrogen and oxygen atoms in total. The first-order valence-electron chi connectivity index (χ1n) is 6.03. The third kappa shape index (κ3) is 3.54. The van der Waals surface area contributed by atoms with Gasteiger partial charge in [0.25, 0.3) is 0 Å². The van der Waals surface area contributed by atoms with E-state index in [1.165, 1.54) is 23.4 Å². The number of nitrogens with zero attached hydrogens (tertiary/aromatic N) is 1. The maximum atomic E-state index is 5.35. The van der Waals surface area contributed by atoms with Crippen LogP contribution >= 0.6 is 11.3 Å². The van der Waals surface area contributed by atoms with Crippen LogP contribution in [0.15, 0.2) is 5.51 Å². The lowest BCUT2D eigenvalue weighted by Crippen LogP contribution is -2.29. The minimum atomic E-state index is 0.816. The van der Waals surface area contributed by atoms with E-state index in [4.69, 9.17) is 4.74 Å². The van der Waals surface area contributed by atoms with E-state index < -0.39 is 0 Å². The van der Waals surface area contributed by atoms with Gasteiger partial charge >= 0.3 is 0 Å². The Bertz CT molecular complexity index is 308. The Labute approximate surface area is 101 Å². The van der Waals surface area contributed by atoms with Crippen molar-refractivity contribution in [1.29, 1.82) is 0 Å². The summed E-state index contributed by atoms with van der Waals surface area (Å²) in [6.07, 6.45) is 3.54. The van der Waals surface area contributed by atoms with Crippen LogP contribution in [0.25, 0.3) is 0 Å². The van der Waals surface area contributed by atoms with Crippen molar-refractivity contribution in [3.05, 3.63) is 16.1 Å². The Morgan fingerprint density at radius 3 is 3.00 bits per heavy atom. The molecule has 0 bridgehead atoms. The Balaban J connectivity index is 1.59. The van der Waals surface area contributed by atoms with Gasteiger partial charge in [0.15, 0.2) is 0 Å². The highest BCUT2D eigenvalue weighted by molar-refractivity contribution is 7.09. The van der Waals surface area contributed by atoms with E-state index in [0.29, 0.717) is 0 Å². The maximum absolute atomic E-state index is 5.35. The number of thiazole rings is 1. The second-order valence-electron chi connectivity index (χ2n) is 4.37. The summed E-state index contributed by atoms with van der Waals surface area (Å²) in [5, 5.41) is 3.54. The van der Waals surface area contributed by atoms with Crippen molar-refractivity contribution in [2.24, 2.45) is 5.92 Å². The van der Waals surface area contributed by atoms with Crippen LogP contribution in [0.4, 0.5) is 0 Å². The van der Waals surface area contributed by atoms with Gasteiger partial charge in [-0.05, 0) is 38.6 Å². The van der Waals surface area contributed by atoms with Crippen molar-refractivity contribution in [1.82, 2.24) is 10.3 Å². The molecular formula is C12H20N2OS. The molecule has 1 aliphatic heterocycles. The molecule has 0 aliphatic carbocycles. The number of aryl methyl sites for hydroxylation is 1. The standard InChI is InChI=1S/C12H20N2OS/c1-10-12(16-9-14-10)2-5-13-8-11-3-6-15-7-4-11/h9,11,13H,2-8H2,1H3. The first-order chi connectivity index (χ1) is 7.86. The van der Waals surface area contributed by atoms with Crippen molar-refractivity contribution in [3.63, 3.8) is 0 Å². The highest BCUT2D eigenvalue weighted by Gasteiger charge is 2.12. The summed E-state index contributed by atoms with van der Waals surface area (Å²) >= 11 is 1.76. The smallest absolute Gasteiger partial charge is 0.0797 e. The summed E-state index contributed by atoms with van der Waals surface area (Å²) in [5.74, 6) is 0.816. The molecule has 0 radical (unpaired) electrons. The van der Waals surface area contributed by atoms with Crippen LogP contribution < -0.4 is 5.32 Å². The molecule has 1 saturated heterocycles. The summed E-state index contributed by atoms with van der Waals surface area (Å²) < 4.78 is 5.35. The first kappa shape index (κ1) is 12.0. The van der Waals surface area contributed by atoms with Crippen LogP contribution in [0, 0.1) is 12.8 Å². The predicted octanol–water partition coefficient (Wildman–Crippen LogP) is 2.01. The van der Waals surface area contributed by atoms with E-state index in [0.717, 1.165) is 38.6 Å². The topological polar surface area (TPSA) is 34.2 Å². The summed E-state index contributed by atoms with van der Waals surface area (Å²) in [6, 6.07) is 0. The van der Waals surface area contributed by atoms with Gasteiger partial charge in [-0.3, -0.25) is 0 Å². The van der Waals surface area contributed by atoms with Gasteiger partial charge in [-0.1, -0.05) is 0 Å². The summed E-state index contributed by atoms with van der Waals surface area (Å²) in [6.45, 7) is 6.19. The normalized spacial score (nSPS) is 17.8. The van der Waals surface area contributed by atoms with Gasteiger partial charge in [0.2, 0.25) is 0 Å². The molecule has 2 heterocycles. The highest BCUT2D eigenvalue weighted by atomic mass is 32.1. The van der Waals surface area contributed by atoms with E-state index in [2.05, 4.69) is 17.2 Å². The molecule has 1 aromatic rings. The zero-order valence-corrected chi connectivity index (χ0v) is 10.7. The number of ether oxygens (including phenoxy) is 1. The fourth-order valence-electron chi connectivity index (χ4n) is 2.02. The lowest BCUT2D eigenvalue weighted by atomic mass is 10.0. The van der Waals surface area contributed by atoms with Gasteiger partial charge in [0, 0.05) is 24.6 Å². The van der Waals surface area contributed by atoms with Crippen molar-refractivity contribution in [3.8, 4) is 0 Å². The van der Waals surface area contributed by atoms with E-state index in [1.54, 1.807) is 11.3 Å². The fourth-order valence-corrected chi connectivity index (χ4v) is 2.81. The average Bonchev–Trinajstić information content (AvgIpc) is 2.72. The number of aromatic nitrogens is 1. The predicted molar refractivity (Wildman–Crippen MR) is 67.0 cm³/mol. The van der Waals surface area contributed by atoms with Gasteiger partial charge in [-0.15, -0.1) is 11.3 Å². The van der Waals surface area contributed by atoms with Crippen LogP contribution in [-0.2, 0) is 11.2 Å². The SMILES string of the molecule is Cc1ncsc1CCNCC1CCOCC1. The second kappa shape index (κ2) is 6.33. The Kier molecular flexibility index (Phi) is 4.75. The molecule has 1 fully saturated rings. The molecule has 0 aromatic carbocycles. The largest absolute Gasteiger partial charge is 0.381 e. The molecule has 0 spiro atoms. The molecule has 2 rings (SSSR count). The van der Waals surface area contributed by atoms with Crippen LogP contribution in [0.5, 0.6) is 0 Å². The Morgan fingerprint density at radius 1 is 1.50 bits per heavy atom. The van der Waals surface area contributed by atoms with Crippen LogP contribution in [0.2, 0.25) is 0 Å². The number of nitrogens with one attached hydrogen (secondary N) is 1. The van der Waals surface area contributed by atoms with Crippen molar-refractivity contribution >= 4 is 11.3 Å². The van der Waals surface area contributed by atoms with E-state index >= 15 is 0 Å². The molecule has 90 valence electrons. The van der Waals surface area contributed by atoms with E-state index in [9.17, 15) is 0 Å². The molecule has 0 unspecified atom stereocenters. The fraction of sp³-hybridized carbons (Fsp3) is 0.750. The zero-order chi connectivity index (χ0) is 11.2. The molecular weight excluding hydrogens is 220 g/mol. The lowest BCUT2D eigenvalue weighted by Gasteiger charge is -2.22. The third-order valence-electron chi connectivity index (χ3n) is 3.15. The number of hydrogen-bond donors (Lipinski definition) is 1. The highest BCUT2D eigenvalue weighted by Crippen LogP contribution is 2.14. The Hall–Kier alpha value is -0.450. The average molecular weight is 240 g/mol. The summed E-state index contributed by atoms with van der Waals surface area (Å²) in [7, 11) is 0. The van der Waals surface area contributed by atoms with Crippen molar-refractivity contribution < 1.29 is 4.74 Å². The molecule has 4 heteroatoms. The van der Waals surface area contributed by atoms with Crippen molar-refractivity contribution in [2.75, 3.05) is 26.3 Å². The van der Waals surface area contributed by atoms with Crippen molar-refractivity contribution in [2.45, 2.75) is 26.2 Å². The first-order valence-corrected chi connectivity index (χ1v) is 6.91. The monoisotopic (exact) mass is 240 g/mol. The summed E-state index contributed by atoms with van der Waals surface area (Å²) in [4.78, 5) is 5.68. The molecule has 0 saturated carbocycles. The molecule has 16 heavy (non-hydrogen) atoms. The van der Waals surface area contributed by atoms with Crippen LogP contribution in [0.3, 0.4) is 0 Å². The minimum Gasteiger partial charge on any atom is -0.381 e. The van der Waals surface area contributed by atoms with Gasteiger partial charge in [-0.25, -0.2) is 4.98 Å². The Morgan fingerprint density at radius 2 is 2.31 bits per heavy atom. The molecule has 1 aromatic heterocycles. The maximum Gasteiger partial charge on any atom is 0.0797 e. The molecule has 0 atom stereocenters. The van der Waals surface area contributed by atoms with Gasteiger partial charge in [0.05, 0.1) is 11.2 Å². The molecule has 0 amide bonds. The number of hydrogen-bond acceptors (Lipinski definition) is 4. The second-order valence-corrected chi connectivity index (χ2v) is 5.31. The van der Waals surface area contributed by atoms with Gasteiger partial charge in [0.1, 0.15) is 0 Å². The third-order valence-corrected chi connectivity index (χ3v) is 4.14. The summed E-state index contributed by atoms with van der Waals surface area (Å²) in [5.41, 5.74) is 3.13. The van der Waals surface area contributed by atoms with Crippen LogP contribution in [-0.4, -0.2) is 31.3 Å². The molecule has 1 N–H and O–H groups in total. The van der Waals surface area contributed by atoms with Crippen LogP contribution in [0.1, 0.15) is 23.4 Å². The molecule has 1 aliphatic rings.